The normalized spacial score (nSPS) is 45.9. The van der Waals surface area contributed by atoms with Crippen LogP contribution in [0.3, 0.4) is 0 Å². The summed E-state index contributed by atoms with van der Waals surface area (Å²) in [7, 11) is 0. The summed E-state index contributed by atoms with van der Waals surface area (Å²) in [6.07, 6.45) is -0.484. The maximum atomic E-state index is 13.2. The van der Waals surface area contributed by atoms with Gasteiger partial charge in [0, 0.05) is 0 Å². The number of ether oxygens (including phenoxy) is 2. The average Bonchev–Trinajstić information content (AvgIpc) is 1.73. The maximum absolute atomic E-state index is 13.2. The van der Waals surface area contributed by atoms with Gasteiger partial charge in [0.15, 0.2) is 5.79 Å². The summed E-state index contributed by atoms with van der Waals surface area (Å²) in [6.45, 7) is 6.45. The van der Waals surface area contributed by atoms with Crippen LogP contribution < -0.4 is 0 Å². The van der Waals surface area contributed by atoms with Gasteiger partial charge in [0.2, 0.25) is 5.85 Å². The highest BCUT2D eigenvalue weighted by molar-refractivity contribution is 4.80. The Morgan fingerprint density at radius 3 is 1.90 bits per heavy atom. The molecule has 2 atom stereocenters. The van der Waals surface area contributed by atoms with Crippen LogP contribution in [0.15, 0.2) is 0 Å². The van der Waals surface area contributed by atoms with Crippen molar-refractivity contribution in [3.8, 4) is 0 Å². The van der Waals surface area contributed by atoms with Crippen molar-refractivity contribution >= 4 is 0 Å². The molecular formula is C7H13FO2. The van der Waals surface area contributed by atoms with Gasteiger partial charge in [-0.2, -0.15) is 0 Å². The molecule has 0 aliphatic carbocycles. The van der Waals surface area contributed by atoms with Crippen molar-refractivity contribution < 1.29 is 13.9 Å². The van der Waals surface area contributed by atoms with E-state index in [9.17, 15) is 4.39 Å². The SMILES string of the molecule is CC1OC(C)(C)OC1(C)F. The molecule has 1 saturated heterocycles. The molecular weight excluding hydrogens is 135 g/mol. The average molecular weight is 148 g/mol. The van der Waals surface area contributed by atoms with Crippen LogP contribution in [0.2, 0.25) is 0 Å². The number of hydrogen-bond acceptors (Lipinski definition) is 2. The fraction of sp³-hybridized carbons (Fsp3) is 1.00. The summed E-state index contributed by atoms with van der Waals surface area (Å²) in [6, 6.07) is 0. The van der Waals surface area contributed by atoms with E-state index in [-0.39, 0.29) is 0 Å². The lowest BCUT2D eigenvalue weighted by atomic mass is 10.2. The molecule has 0 aromatic carbocycles. The molecule has 1 fully saturated rings. The zero-order valence-electron chi connectivity index (χ0n) is 6.77. The fourth-order valence-corrected chi connectivity index (χ4v) is 1.12. The summed E-state index contributed by atoms with van der Waals surface area (Å²) < 4.78 is 23.3. The Kier molecular flexibility index (Phi) is 1.53. The van der Waals surface area contributed by atoms with Crippen molar-refractivity contribution in [2.75, 3.05) is 0 Å². The molecule has 1 rings (SSSR count). The third-order valence-corrected chi connectivity index (χ3v) is 1.63. The smallest absolute Gasteiger partial charge is 0.235 e. The quantitative estimate of drug-likeness (QED) is 0.522. The number of alkyl halides is 1. The van der Waals surface area contributed by atoms with Crippen LogP contribution in [0, 0.1) is 0 Å². The van der Waals surface area contributed by atoms with Crippen molar-refractivity contribution in [2.45, 2.75) is 45.4 Å². The van der Waals surface area contributed by atoms with E-state index in [4.69, 9.17) is 9.47 Å². The summed E-state index contributed by atoms with van der Waals surface area (Å²) in [4.78, 5) is 0. The molecule has 0 aromatic rings. The highest BCUT2D eigenvalue weighted by Gasteiger charge is 2.48. The second-order valence-corrected chi connectivity index (χ2v) is 3.25. The van der Waals surface area contributed by atoms with Crippen molar-refractivity contribution in [3.63, 3.8) is 0 Å². The van der Waals surface area contributed by atoms with Crippen molar-refractivity contribution in [1.82, 2.24) is 0 Å². The molecule has 0 spiro atoms. The predicted molar refractivity (Wildman–Crippen MR) is 35.2 cm³/mol. The molecule has 0 aromatic heterocycles. The summed E-state index contributed by atoms with van der Waals surface area (Å²) >= 11 is 0. The molecule has 0 N–H and O–H groups in total. The van der Waals surface area contributed by atoms with Gasteiger partial charge in [-0.05, 0) is 27.7 Å². The van der Waals surface area contributed by atoms with Crippen LogP contribution >= 0.6 is 0 Å². The second kappa shape index (κ2) is 1.92. The molecule has 60 valence electrons. The third kappa shape index (κ3) is 1.30. The van der Waals surface area contributed by atoms with Crippen LogP contribution in [0.1, 0.15) is 27.7 Å². The lowest BCUT2D eigenvalue weighted by Gasteiger charge is -2.17. The monoisotopic (exact) mass is 148 g/mol. The second-order valence-electron chi connectivity index (χ2n) is 3.25. The number of halogens is 1. The van der Waals surface area contributed by atoms with Crippen LogP contribution in [0.25, 0.3) is 0 Å². The van der Waals surface area contributed by atoms with E-state index in [2.05, 4.69) is 0 Å². The first-order valence-electron chi connectivity index (χ1n) is 3.40. The van der Waals surface area contributed by atoms with E-state index in [1.807, 2.05) is 0 Å². The van der Waals surface area contributed by atoms with Crippen molar-refractivity contribution in [2.24, 2.45) is 0 Å². The first-order valence-corrected chi connectivity index (χ1v) is 3.40. The van der Waals surface area contributed by atoms with Gasteiger partial charge in [-0.25, -0.2) is 4.39 Å². The summed E-state index contributed by atoms with van der Waals surface area (Å²) in [5.74, 6) is -2.41. The van der Waals surface area contributed by atoms with Crippen LogP contribution in [-0.4, -0.2) is 17.7 Å². The molecule has 0 saturated carbocycles. The Balaban J connectivity index is 2.71. The third-order valence-electron chi connectivity index (χ3n) is 1.63. The van der Waals surface area contributed by atoms with E-state index in [1.54, 1.807) is 20.8 Å². The molecule has 0 bridgehead atoms. The first-order chi connectivity index (χ1) is 4.33. The highest BCUT2D eigenvalue weighted by atomic mass is 19.2. The minimum Gasteiger partial charge on any atom is -0.342 e. The van der Waals surface area contributed by atoms with E-state index in [0.29, 0.717) is 0 Å². The van der Waals surface area contributed by atoms with Crippen LogP contribution in [0.4, 0.5) is 4.39 Å². The van der Waals surface area contributed by atoms with Gasteiger partial charge >= 0.3 is 0 Å². The minimum atomic E-state index is -1.64. The molecule has 2 nitrogen and oxygen atoms in total. The van der Waals surface area contributed by atoms with Crippen molar-refractivity contribution in [1.29, 1.82) is 0 Å². The van der Waals surface area contributed by atoms with E-state index in [1.165, 1.54) is 6.92 Å². The number of rotatable bonds is 0. The Morgan fingerprint density at radius 2 is 1.80 bits per heavy atom. The molecule has 1 aliphatic heterocycles. The van der Waals surface area contributed by atoms with Crippen molar-refractivity contribution in [3.05, 3.63) is 0 Å². The molecule has 0 radical (unpaired) electrons. The lowest BCUT2D eigenvalue weighted by molar-refractivity contribution is -0.190. The van der Waals surface area contributed by atoms with Crippen LogP contribution in [0.5, 0.6) is 0 Å². The summed E-state index contributed by atoms with van der Waals surface area (Å²) in [5.41, 5.74) is 0. The Labute approximate surface area is 60.3 Å². The van der Waals surface area contributed by atoms with E-state index < -0.39 is 17.7 Å². The molecule has 1 heterocycles. The van der Waals surface area contributed by atoms with E-state index >= 15 is 0 Å². The highest BCUT2D eigenvalue weighted by Crippen LogP contribution is 2.36. The summed E-state index contributed by atoms with van der Waals surface area (Å²) in [5, 5.41) is 0. The molecule has 2 unspecified atom stereocenters. The van der Waals surface area contributed by atoms with E-state index in [0.717, 1.165) is 0 Å². The van der Waals surface area contributed by atoms with Gasteiger partial charge in [0.05, 0.1) is 0 Å². The van der Waals surface area contributed by atoms with Gasteiger partial charge in [0.1, 0.15) is 6.10 Å². The predicted octanol–water partition coefficient (Wildman–Crippen LogP) is 1.84. The van der Waals surface area contributed by atoms with Gasteiger partial charge < -0.3 is 9.47 Å². The topological polar surface area (TPSA) is 18.5 Å². The molecule has 3 heteroatoms. The Bertz CT molecular complexity index is 143. The zero-order valence-corrected chi connectivity index (χ0v) is 6.77. The Morgan fingerprint density at radius 1 is 1.30 bits per heavy atom. The largest absolute Gasteiger partial charge is 0.342 e. The lowest BCUT2D eigenvalue weighted by Crippen LogP contribution is -2.29. The van der Waals surface area contributed by atoms with Gasteiger partial charge in [-0.1, -0.05) is 0 Å². The van der Waals surface area contributed by atoms with Gasteiger partial charge in [-0.15, -0.1) is 0 Å². The standard InChI is InChI=1S/C7H13FO2/c1-5-7(4,8)10-6(2,3)9-5/h5H,1-4H3. The molecule has 10 heavy (non-hydrogen) atoms. The zero-order chi connectivity index (χ0) is 7.99. The van der Waals surface area contributed by atoms with Gasteiger partial charge in [0.25, 0.3) is 0 Å². The molecule has 0 amide bonds. The fourth-order valence-electron chi connectivity index (χ4n) is 1.12. The molecule has 1 aliphatic rings. The first kappa shape index (κ1) is 7.95. The Hall–Kier alpha value is -0.150. The van der Waals surface area contributed by atoms with Crippen LogP contribution in [-0.2, 0) is 9.47 Å². The maximum Gasteiger partial charge on any atom is 0.235 e. The van der Waals surface area contributed by atoms with Gasteiger partial charge in [-0.3, -0.25) is 0 Å². The minimum absolute atomic E-state index is 0.484. The number of hydrogen-bond donors (Lipinski definition) is 0.